The van der Waals surface area contributed by atoms with Gasteiger partial charge in [0.25, 0.3) is 0 Å². The number of nitrogens with two attached hydrogens (primary N) is 1. The number of hydrogen-bond acceptors (Lipinski definition) is 3. The minimum atomic E-state index is 0.682. The number of hydrogen-bond donors (Lipinski definition) is 1. The SMILES string of the molecule is NCCc1ccc(OCCN2CCCC2)c(Br)c1. The first-order valence-electron chi connectivity index (χ1n) is 6.63. The lowest BCUT2D eigenvalue weighted by atomic mass is 10.1. The Kier molecular flexibility index (Phi) is 5.47. The third kappa shape index (κ3) is 3.97. The van der Waals surface area contributed by atoms with Gasteiger partial charge in [-0.15, -0.1) is 0 Å². The normalized spacial score (nSPS) is 16.1. The Hall–Kier alpha value is -0.580. The molecular formula is C14H21BrN2O. The van der Waals surface area contributed by atoms with Crippen LogP contribution in [-0.4, -0.2) is 37.7 Å². The van der Waals surface area contributed by atoms with E-state index in [1.54, 1.807) is 0 Å². The number of ether oxygens (including phenoxy) is 1. The molecule has 100 valence electrons. The van der Waals surface area contributed by atoms with E-state index in [1.807, 2.05) is 6.07 Å². The summed E-state index contributed by atoms with van der Waals surface area (Å²) in [6.45, 7) is 4.91. The molecule has 1 aromatic carbocycles. The predicted molar refractivity (Wildman–Crippen MR) is 78.1 cm³/mol. The number of halogens is 1. The van der Waals surface area contributed by atoms with Crippen LogP contribution in [-0.2, 0) is 6.42 Å². The Morgan fingerprint density at radius 3 is 2.72 bits per heavy atom. The van der Waals surface area contributed by atoms with Gasteiger partial charge >= 0.3 is 0 Å². The summed E-state index contributed by atoms with van der Waals surface area (Å²) < 4.78 is 6.84. The van der Waals surface area contributed by atoms with Crippen LogP contribution in [0.3, 0.4) is 0 Å². The molecule has 3 nitrogen and oxygen atoms in total. The van der Waals surface area contributed by atoms with E-state index < -0.39 is 0 Å². The average molecular weight is 313 g/mol. The summed E-state index contributed by atoms with van der Waals surface area (Å²) >= 11 is 3.55. The molecule has 4 heteroatoms. The van der Waals surface area contributed by atoms with E-state index >= 15 is 0 Å². The highest BCUT2D eigenvalue weighted by Crippen LogP contribution is 2.26. The van der Waals surface area contributed by atoms with Crippen LogP contribution in [0.1, 0.15) is 18.4 Å². The van der Waals surface area contributed by atoms with Gasteiger partial charge in [-0.25, -0.2) is 0 Å². The van der Waals surface area contributed by atoms with Crippen molar-refractivity contribution in [2.45, 2.75) is 19.3 Å². The molecule has 1 heterocycles. The van der Waals surface area contributed by atoms with Crippen LogP contribution < -0.4 is 10.5 Å². The Morgan fingerprint density at radius 1 is 1.28 bits per heavy atom. The van der Waals surface area contributed by atoms with E-state index in [-0.39, 0.29) is 0 Å². The molecule has 1 fully saturated rings. The first-order valence-corrected chi connectivity index (χ1v) is 7.42. The van der Waals surface area contributed by atoms with Crippen molar-refractivity contribution >= 4 is 15.9 Å². The molecular weight excluding hydrogens is 292 g/mol. The van der Waals surface area contributed by atoms with E-state index in [4.69, 9.17) is 10.5 Å². The maximum absolute atomic E-state index is 5.81. The third-order valence-electron chi connectivity index (χ3n) is 3.29. The van der Waals surface area contributed by atoms with Gasteiger partial charge in [-0.05, 0) is 72.5 Å². The molecule has 2 N–H and O–H groups in total. The second kappa shape index (κ2) is 7.12. The van der Waals surface area contributed by atoms with E-state index in [0.717, 1.165) is 29.8 Å². The highest BCUT2D eigenvalue weighted by Gasteiger charge is 2.11. The standard InChI is InChI=1S/C14H21BrN2O/c15-13-11-12(5-6-16)3-4-14(13)18-10-9-17-7-1-2-8-17/h3-4,11H,1-2,5-10,16H2. The fraction of sp³-hybridized carbons (Fsp3) is 0.571. The van der Waals surface area contributed by atoms with Crippen LogP contribution in [0.25, 0.3) is 0 Å². The fourth-order valence-corrected chi connectivity index (χ4v) is 2.82. The van der Waals surface area contributed by atoms with Crippen LogP contribution in [0.4, 0.5) is 0 Å². The lowest BCUT2D eigenvalue weighted by Gasteiger charge is -2.15. The minimum Gasteiger partial charge on any atom is -0.491 e. The maximum Gasteiger partial charge on any atom is 0.133 e. The van der Waals surface area contributed by atoms with Crippen molar-refractivity contribution in [1.29, 1.82) is 0 Å². The quantitative estimate of drug-likeness (QED) is 0.876. The van der Waals surface area contributed by atoms with Crippen molar-refractivity contribution in [1.82, 2.24) is 4.90 Å². The van der Waals surface area contributed by atoms with Crippen LogP contribution in [0.15, 0.2) is 22.7 Å². The van der Waals surface area contributed by atoms with Gasteiger partial charge in [0.1, 0.15) is 12.4 Å². The van der Waals surface area contributed by atoms with Crippen molar-refractivity contribution in [3.63, 3.8) is 0 Å². The summed E-state index contributed by atoms with van der Waals surface area (Å²) in [5, 5.41) is 0. The molecule has 0 unspecified atom stereocenters. The zero-order chi connectivity index (χ0) is 12.8. The Balaban J connectivity index is 1.81. The van der Waals surface area contributed by atoms with Gasteiger partial charge in [-0.3, -0.25) is 4.90 Å². The topological polar surface area (TPSA) is 38.5 Å². The van der Waals surface area contributed by atoms with E-state index in [2.05, 4.69) is 33.0 Å². The van der Waals surface area contributed by atoms with Crippen molar-refractivity contribution in [2.75, 3.05) is 32.8 Å². The van der Waals surface area contributed by atoms with Gasteiger partial charge in [0.2, 0.25) is 0 Å². The van der Waals surface area contributed by atoms with Gasteiger partial charge in [0, 0.05) is 6.54 Å². The summed E-state index contributed by atoms with van der Waals surface area (Å²) in [7, 11) is 0. The average Bonchev–Trinajstić information content (AvgIpc) is 2.85. The lowest BCUT2D eigenvalue weighted by molar-refractivity contribution is 0.237. The Bertz CT molecular complexity index is 378. The number of rotatable bonds is 6. The molecule has 0 spiro atoms. The third-order valence-corrected chi connectivity index (χ3v) is 3.91. The number of nitrogens with zero attached hydrogens (tertiary/aromatic N) is 1. The van der Waals surface area contributed by atoms with Gasteiger partial charge in [-0.2, -0.15) is 0 Å². The zero-order valence-electron chi connectivity index (χ0n) is 10.7. The van der Waals surface area contributed by atoms with Crippen molar-refractivity contribution in [2.24, 2.45) is 5.73 Å². The summed E-state index contributed by atoms with van der Waals surface area (Å²) in [6.07, 6.45) is 3.57. The second-order valence-electron chi connectivity index (χ2n) is 4.70. The van der Waals surface area contributed by atoms with Crippen molar-refractivity contribution in [3.05, 3.63) is 28.2 Å². The second-order valence-corrected chi connectivity index (χ2v) is 5.55. The molecule has 0 radical (unpaired) electrons. The molecule has 0 atom stereocenters. The van der Waals surface area contributed by atoms with Crippen LogP contribution >= 0.6 is 15.9 Å². The predicted octanol–water partition coefficient (Wildman–Crippen LogP) is 2.42. The van der Waals surface area contributed by atoms with Gasteiger partial charge in [0.15, 0.2) is 0 Å². The first kappa shape index (κ1) is 13.8. The molecule has 0 saturated carbocycles. The molecule has 18 heavy (non-hydrogen) atoms. The van der Waals surface area contributed by atoms with Crippen LogP contribution in [0, 0.1) is 0 Å². The summed E-state index contributed by atoms with van der Waals surface area (Å²) in [4.78, 5) is 2.46. The highest BCUT2D eigenvalue weighted by atomic mass is 79.9. The van der Waals surface area contributed by atoms with Crippen molar-refractivity contribution < 1.29 is 4.74 Å². The van der Waals surface area contributed by atoms with Gasteiger partial charge in [0.05, 0.1) is 4.47 Å². The van der Waals surface area contributed by atoms with Crippen LogP contribution in [0.5, 0.6) is 5.75 Å². The summed E-state index contributed by atoms with van der Waals surface area (Å²) in [5.74, 6) is 0.926. The molecule has 1 aromatic rings. The number of benzene rings is 1. The molecule has 1 aliphatic rings. The highest BCUT2D eigenvalue weighted by molar-refractivity contribution is 9.10. The Labute approximate surface area is 117 Å². The molecule has 1 saturated heterocycles. The summed E-state index contributed by atoms with van der Waals surface area (Å²) in [6, 6.07) is 6.21. The zero-order valence-corrected chi connectivity index (χ0v) is 12.3. The maximum atomic E-state index is 5.81. The van der Waals surface area contributed by atoms with Crippen molar-refractivity contribution in [3.8, 4) is 5.75 Å². The monoisotopic (exact) mass is 312 g/mol. The molecule has 0 aliphatic carbocycles. The smallest absolute Gasteiger partial charge is 0.133 e. The fourth-order valence-electron chi connectivity index (χ4n) is 2.27. The lowest BCUT2D eigenvalue weighted by Crippen LogP contribution is -2.25. The van der Waals surface area contributed by atoms with E-state index in [0.29, 0.717) is 6.54 Å². The molecule has 0 aromatic heterocycles. The van der Waals surface area contributed by atoms with E-state index in [9.17, 15) is 0 Å². The van der Waals surface area contributed by atoms with Gasteiger partial charge in [-0.1, -0.05) is 6.07 Å². The first-order chi connectivity index (χ1) is 8.79. The van der Waals surface area contributed by atoms with Gasteiger partial charge < -0.3 is 10.5 Å². The molecule has 1 aliphatic heterocycles. The molecule has 0 amide bonds. The molecule has 0 bridgehead atoms. The molecule has 2 rings (SSSR count). The number of likely N-dealkylation sites (tertiary alicyclic amines) is 1. The minimum absolute atomic E-state index is 0.682. The summed E-state index contributed by atoms with van der Waals surface area (Å²) in [5.41, 5.74) is 6.79. The largest absolute Gasteiger partial charge is 0.491 e. The van der Waals surface area contributed by atoms with E-state index in [1.165, 1.54) is 31.5 Å². The Morgan fingerprint density at radius 2 is 2.06 bits per heavy atom. The van der Waals surface area contributed by atoms with Crippen LogP contribution in [0.2, 0.25) is 0 Å².